The van der Waals surface area contributed by atoms with Crippen molar-refractivity contribution < 1.29 is 50.5 Å². The van der Waals surface area contributed by atoms with Crippen LogP contribution >= 0.6 is 0 Å². The molecule has 3 rings (SSSR count). The Bertz CT molecular complexity index is 1560. The van der Waals surface area contributed by atoms with Gasteiger partial charge in [0.1, 0.15) is 0 Å². The Morgan fingerprint density at radius 1 is 1.12 bits per heavy atom. The highest BCUT2D eigenvalue weighted by Crippen LogP contribution is 2.33. The monoisotopic (exact) mass is 628 g/mol. The summed E-state index contributed by atoms with van der Waals surface area (Å²) < 4.78 is 77.7. The number of ether oxygens (including phenoxy) is 2. The van der Waals surface area contributed by atoms with Gasteiger partial charge in [-0.25, -0.2) is 22.6 Å². The topological polar surface area (TPSA) is 167 Å². The summed E-state index contributed by atoms with van der Waals surface area (Å²) in [6, 6.07) is 12.3. The van der Waals surface area contributed by atoms with Crippen molar-refractivity contribution in [3.05, 3.63) is 71.1 Å². The minimum Gasteiger partial charge on any atom is -0.569 e. The van der Waals surface area contributed by atoms with Crippen LogP contribution in [0.25, 0.3) is 16.9 Å². The van der Waals surface area contributed by atoms with E-state index in [0.717, 1.165) is 40.4 Å². The fourth-order valence-electron chi connectivity index (χ4n) is 3.40. The average molecular weight is 629 g/mol. The first-order chi connectivity index (χ1) is 20.2. The van der Waals surface area contributed by atoms with E-state index in [0.29, 0.717) is 5.56 Å². The van der Waals surface area contributed by atoms with Crippen LogP contribution in [-0.4, -0.2) is 67.2 Å². The molecule has 0 aliphatic rings. The molecule has 0 aliphatic carbocycles. The number of sulfonamides is 1. The Hall–Kier alpha value is -4.87. The third-order valence-electron chi connectivity index (χ3n) is 5.55. The highest BCUT2D eigenvalue weighted by Gasteiger charge is 2.35. The number of amides is 1. The molecule has 0 saturated heterocycles. The van der Waals surface area contributed by atoms with Crippen LogP contribution in [0.4, 0.5) is 18.0 Å². The molecule has 0 unspecified atom stereocenters. The van der Waals surface area contributed by atoms with Gasteiger partial charge >= 0.3 is 18.2 Å². The van der Waals surface area contributed by atoms with Crippen LogP contribution < -0.4 is 4.72 Å². The Labute approximate surface area is 243 Å². The molecule has 43 heavy (non-hydrogen) atoms. The Morgan fingerprint density at radius 2 is 1.77 bits per heavy atom. The molecule has 2 aromatic carbocycles. The third kappa shape index (κ3) is 9.32. The van der Waals surface area contributed by atoms with E-state index in [-0.39, 0.29) is 40.8 Å². The quantitative estimate of drug-likeness (QED) is 0.0775. The van der Waals surface area contributed by atoms with Crippen LogP contribution in [0.5, 0.6) is 0 Å². The van der Waals surface area contributed by atoms with Crippen LogP contribution in [0.3, 0.4) is 0 Å². The molecule has 18 heteroatoms. The van der Waals surface area contributed by atoms with Crippen molar-refractivity contribution in [2.24, 2.45) is 5.28 Å². The first-order valence-corrected chi connectivity index (χ1v) is 13.8. The lowest BCUT2D eigenvalue weighted by atomic mass is 10.1. The molecule has 0 atom stereocenters. The normalized spacial score (nSPS) is 12.0. The number of rotatable bonds is 12. The number of esters is 1. The van der Waals surface area contributed by atoms with Gasteiger partial charge in [0.15, 0.2) is 5.69 Å². The number of hydrogen-bond donors (Lipinski definition) is 1. The summed E-state index contributed by atoms with van der Waals surface area (Å²) in [6.45, 7) is 2.18. The number of aromatic nitrogens is 2. The molecule has 3 aromatic rings. The van der Waals surface area contributed by atoms with E-state index in [9.17, 15) is 36.4 Å². The molecule has 1 N–H and O–H groups in total. The van der Waals surface area contributed by atoms with Crippen molar-refractivity contribution in [2.75, 3.05) is 27.0 Å². The molecule has 14 nitrogen and oxygen atoms in total. The maximum Gasteiger partial charge on any atom is 0.435 e. The van der Waals surface area contributed by atoms with Gasteiger partial charge in [0.25, 0.3) is 16.8 Å². The van der Waals surface area contributed by atoms with Gasteiger partial charge in [-0.15, -0.1) is 5.01 Å². The zero-order chi connectivity index (χ0) is 31.8. The second-order valence-corrected chi connectivity index (χ2v) is 10.6. The molecule has 232 valence electrons. The minimum absolute atomic E-state index is 0.0273. The number of hydrogen-bond acceptors (Lipinski definition) is 10. The molecular weight excluding hydrogens is 601 g/mol. The predicted molar refractivity (Wildman–Crippen MR) is 141 cm³/mol. The molecule has 1 aromatic heterocycles. The summed E-state index contributed by atoms with van der Waals surface area (Å²) in [7, 11) is -3.06. The largest absolute Gasteiger partial charge is 0.569 e. The van der Waals surface area contributed by atoms with E-state index in [1.807, 2.05) is 6.92 Å². The summed E-state index contributed by atoms with van der Waals surface area (Å²) in [6.07, 6.45) is -5.90. The van der Waals surface area contributed by atoms with Gasteiger partial charge < -0.3 is 19.5 Å². The first kappa shape index (κ1) is 32.6. The Balaban J connectivity index is 1.61. The van der Waals surface area contributed by atoms with Gasteiger partial charge in [-0.1, -0.05) is 29.8 Å². The van der Waals surface area contributed by atoms with Crippen molar-refractivity contribution >= 4 is 22.1 Å². The number of aryl methyl sites for hydroxylation is 1. The lowest BCUT2D eigenvalue weighted by Crippen LogP contribution is -2.32. The van der Waals surface area contributed by atoms with Gasteiger partial charge in [0, 0.05) is 18.9 Å². The van der Waals surface area contributed by atoms with Crippen molar-refractivity contribution in [1.82, 2.24) is 19.5 Å². The van der Waals surface area contributed by atoms with Crippen LogP contribution in [-0.2, 0) is 35.3 Å². The number of nitrogens with zero attached hydrogens (tertiary/aromatic N) is 5. The maximum atomic E-state index is 13.4. The SMILES string of the molecule is CC(=O)OCON=[N+]([O-])N(C)CCCOC(=O)NS(=O)(=O)c1ccc(-n2nc(C(F)(F)F)cc2-c2ccc(C)cc2)cc1. The summed E-state index contributed by atoms with van der Waals surface area (Å²) in [5, 5.41) is 19.5. The number of alkyl halides is 3. The molecule has 0 spiro atoms. The molecule has 0 radical (unpaired) electrons. The number of nitrogens with one attached hydrogen (secondary N) is 1. The molecule has 1 heterocycles. The molecule has 1 amide bonds. The highest BCUT2D eigenvalue weighted by molar-refractivity contribution is 7.90. The summed E-state index contributed by atoms with van der Waals surface area (Å²) in [4.78, 5) is 26.9. The maximum absolute atomic E-state index is 13.4. The summed E-state index contributed by atoms with van der Waals surface area (Å²) >= 11 is 0. The van der Waals surface area contributed by atoms with Gasteiger partial charge in [0.05, 0.1) is 41.4 Å². The molecule has 0 fully saturated rings. The van der Waals surface area contributed by atoms with E-state index in [2.05, 4.69) is 20.0 Å². The zero-order valence-corrected chi connectivity index (χ0v) is 23.9. The summed E-state index contributed by atoms with van der Waals surface area (Å²) in [5.41, 5.74) is 0.529. The van der Waals surface area contributed by atoms with Gasteiger partial charge in [-0.2, -0.15) is 18.3 Å². The number of benzene rings is 2. The van der Waals surface area contributed by atoms with Crippen molar-refractivity contribution in [3.63, 3.8) is 0 Å². The standard InChI is InChI=1S/C25H27F3N6O8S/c1-17-5-7-19(8-6-17)22-15-23(25(26,27)28)29-33(22)20-9-11-21(12-10-20)43(38,39)30-24(36)40-14-4-13-32(3)34(37)31-42-16-41-18(2)35/h5-12,15H,4,13-14,16H2,1-3H3,(H,30,36). The van der Waals surface area contributed by atoms with Crippen LogP contribution in [0.2, 0.25) is 0 Å². The third-order valence-corrected chi connectivity index (χ3v) is 6.88. The van der Waals surface area contributed by atoms with E-state index in [4.69, 9.17) is 4.74 Å². The van der Waals surface area contributed by atoms with Gasteiger partial charge in [-0.3, -0.25) is 4.79 Å². The minimum atomic E-state index is -4.71. The fraction of sp³-hybridized carbons (Fsp3) is 0.320. The molecule has 0 aliphatic heterocycles. The molecular formula is C25H27F3N6O8S. The average Bonchev–Trinajstić information content (AvgIpc) is 3.40. The van der Waals surface area contributed by atoms with Crippen molar-refractivity contribution in [2.45, 2.75) is 31.3 Å². The van der Waals surface area contributed by atoms with Crippen LogP contribution in [0.15, 0.2) is 64.8 Å². The van der Waals surface area contributed by atoms with E-state index in [1.165, 1.54) is 19.2 Å². The lowest BCUT2D eigenvalue weighted by Gasteiger charge is -2.13. The van der Waals surface area contributed by atoms with Gasteiger partial charge in [0.2, 0.25) is 5.28 Å². The number of hydrazine groups is 1. The molecule has 0 bridgehead atoms. The Kier molecular flexibility index (Phi) is 10.5. The van der Waals surface area contributed by atoms with Crippen molar-refractivity contribution in [3.8, 4) is 16.9 Å². The highest BCUT2D eigenvalue weighted by atomic mass is 32.2. The van der Waals surface area contributed by atoms with E-state index in [1.54, 1.807) is 29.0 Å². The zero-order valence-electron chi connectivity index (χ0n) is 23.1. The first-order valence-electron chi connectivity index (χ1n) is 12.4. The fourth-order valence-corrected chi connectivity index (χ4v) is 4.29. The van der Waals surface area contributed by atoms with E-state index >= 15 is 0 Å². The van der Waals surface area contributed by atoms with E-state index < -0.39 is 40.7 Å². The smallest absolute Gasteiger partial charge is 0.435 e. The van der Waals surface area contributed by atoms with Crippen LogP contribution in [0, 0.1) is 12.1 Å². The van der Waals surface area contributed by atoms with Crippen molar-refractivity contribution in [1.29, 1.82) is 0 Å². The second kappa shape index (κ2) is 13.9. The lowest BCUT2D eigenvalue weighted by molar-refractivity contribution is -0.706. The number of carbonyl (C=O) groups excluding carboxylic acids is 2. The number of carbonyl (C=O) groups is 2. The van der Waals surface area contributed by atoms with Crippen LogP contribution in [0.1, 0.15) is 24.6 Å². The Morgan fingerprint density at radius 3 is 2.37 bits per heavy atom. The van der Waals surface area contributed by atoms with Gasteiger partial charge in [-0.05, 0) is 37.3 Å². The predicted octanol–water partition coefficient (Wildman–Crippen LogP) is 3.93. The summed E-state index contributed by atoms with van der Waals surface area (Å²) in [5.74, 6) is -0.625. The molecule has 0 saturated carbocycles. The number of halogens is 3. The second-order valence-electron chi connectivity index (χ2n) is 8.88.